The quantitative estimate of drug-likeness (QED) is 0.649. The van der Waals surface area contributed by atoms with Gasteiger partial charge in [0.1, 0.15) is 12.4 Å². The van der Waals surface area contributed by atoms with Crippen molar-refractivity contribution in [1.29, 1.82) is 0 Å². The zero-order chi connectivity index (χ0) is 17.8. The molecule has 3 rings (SSSR count). The summed E-state index contributed by atoms with van der Waals surface area (Å²) in [6.07, 6.45) is 1.67. The van der Waals surface area contributed by atoms with E-state index in [0.29, 0.717) is 34.6 Å². The molecule has 0 atom stereocenters. The molecule has 130 valence electrons. The van der Waals surface area contributed by atoms with Crippen molar-refractivity contribution < 1.29 is 18.9 Å². The van der Waals surface area contributed by atoms with E-state index in [-0.39, 0.29) is 0 Å². The first-order valence-corrected chi connectivity index (χ1v) is 8.00. The molecule has 1 aromatic heterocycles. The molecule has 0 amide bonds. The third-order valence-corrected chi connectivity index (χ3v) is 4.12. The zero-order valence-electron chi connectivity index (χ0n) is 14.2. The molecule has 0 radical (unpaired) electrons. The lowest BCUT2D eigenvalue weighted by molar-refractivity contribution is 0.299. The van der Waals surface area contributed by atoms with Gasteiger partial charge < -0.3 is 18.9 Å². The predicted molar refractivity (Wildman–Crippen MR) is 97.2 cm³/mol. The Balaban J connectivity index is 1.84. The molecule has 1 heterocycles. The van der Waals surface area contributed by atoms with Crippen LogP contribution in [0.2, 0.25) is 5.02 Å². The summed E-state index contributed by atoms with van der Waals surface area (Å²) in [4.78, 5) is 4.31. The first-order chi connectivity index (χ1) is 12.2. The van der Waals surface area contributed by atoms with Gasteiger partial charge in [-0.15, -0.1) is 0 Å². The number of benzene rings is 2. The van der Waals surface area contributed by atoms with Gasteiger partial charge in [-0.1, -0.05) is 11.6 Å². The fraction of sp³-hybridized carbons (Fsp3) is 0.211. The zero-order valence-corrected chi connectivity index (χ0v) is 15.0. The van der Waals surface area contributed by atoms with Crippen LogP contribution in [-0.4, -0.2) is 26.3 Å². The van der Waals surface area contributed by atoms with Gasteiger partial charge in [-0.05, 0) is 35.9 Å². The minimum atomic E-state index is 0.350. The number of hydrogen-bond donors (Lipinski definition) is 0. The standard InChI is InChI=1S/C19H18ClNO4/c1-22-17-8-12(9-18(23-2)19(17)24-3)11-25-13-4-5-14-15(20)6-7-21-16(14)10-13/h4-10H,11H2,1-3H3. The van der Waals surface area contributed by atoms with Crippen LogP contribution in [0.25, 0.3) is 10.9 Å². The molecule has 0 bridgehead atoms. The van der Waals surface area contributed by atoms with E-state index in [4.69, 9.17) is 30.5 Å². The van der Waals surface area contributed by atoms with E-state index in [1.807, 2.05) is 30.3 Å². The smallest absolute Gasteiger partial charge is 0.203 e. The average molecular weight is 360 g/mol. The molecule has 0 aliphatic carbocycles. The highest BCUT2D eigenvalue weighted by molar-refractivity contribution is 6.35. The molecule has 0 fully saturated rings. The van der Waals surface area contributed by atoms with Gasteiger partial charge >= 0.3 is 0 Å². The summed E-state index contributed by atoms with van der Waals surface area (Å²) < 4.78 is 21.9. The third-order valence-electron chi connectivity index (χ3n) is 3.79. The van der Waals surface area contributed by atoms with Gasteiger partial charge in [-0.25, -0.2) is 0 Å². The largest absolute Gasteiger partial charge is 0.493 e. The fourth-order valence-electron chi connectivity index (χ4n) is 2.57. The minimum absolute atomic E-state index is 0.350. The first-order valence-electron chi connectivity index (χ1n) is 7.62. The lowest BCUT2D eigenvalue weighted by Crippen LogP contribution is -2.00. The van der Waals surface area contributed by atoms with Gasteiger partial charge in [0.2, 0.25) is 5.75 Å². The van der Waals surface area contributed by atoms with Crippen molar-refractivity contribution in [2.45, 2.75) is 6.61 Å². The van der Waals surface area contributed by atoms with Gasteiger partial charge in [-0.2, -0.15) is 0 Å². The van der Waals surface area contributed by atoms with Crippen LogP contribution in [0.3, 0.4) is 0 Å². The monoisotopic (exact) mass is 359 g/mol. The lowest BCUT2D eigenvalue weighted by Gasteiger charge is -2.14. The van der Waals surface area contributed by atoms with Crippen LogP contribution in [0.15, 0.2) is 42.6 Å². The van der Waals surface area contributed by atoms with Crippen molar-refractivity contribution in [2.24, 2.45) is 0 Å². The summed E-state index contributed by atoms with van der Waals surface area (Å²) in [5.41, 5.74) is 1.68. The maximum Gasteiger partial charge on any atom is 0.203 e. The van der Waals surface area contributed by atoms with Crippen molar-refractivity contribution in [3.05, 3.63) is 53.2 Å². The number of pyridine rings is 1. The molecule has 0 saturated carbocycles. The number of methoxy groups -OCH3 is 3. The van der Waals surface area contributed by atoms with Gasteiger partial charge in [0.05, 0.1) is 31.9 Å². The topological polar surface area (TPSA) is 49.8 Å². The molecule has 0 unspecified atom stereocenters. The molecule has 0 aliphatic heterocycles. The Kier molecular flexibility index (Phi) is 5.14. The van der Waals surface area contributed by atoms with Crippen molar-refractivity contribution >= 4 is 22.5 Å². The number of halogens is 1. The average Bonchev–Trinajstić information content (AvgIpc) is 2.65. The molecular weight excluding hydrogens is 342 g/mol. The van der Waals surface area contributed by atoms with E-state index in [2.05, 4.69) is 4.98 Å². The molecule has 0 aliphatic rings. The van der Waals surface area contributed by atoms with Gasteiger partial charge in [0.15, 0.2) is 11.5 Å². The van der Waals surface area contributed by atoms with Crippen LogP contribution in [0.4, 0.5) is 0 Å². The first kappa shape index (κ1) is 17.2. The number of rotatable bonds is 6. The van der Waals surface area contributed by atoms with Gasteiger partial charge in [0.25, 0.3) is 0 Å². The summed E-state index contributed by atoms with van der Waals surface area (Å²) in [5.74, 6) is 2.44. The van der Waals surface area contributed by atoms with Crippen molar-refractivity contribution in [2.75, 3.05) is 21.3 Å². The molecule has 2 aromatic carbocycles. The Bertz CT molecular complexity index is 873. The Hall–Kier alpha value is -2.66. The van der Waals surface area contributed by atoms with Crippen molar-refractivity contribution in [1.82, 2.24) is 4.98 Å². The van der Waals surface area contributed by atoms with Crippen molar-refractivity contribution in [3.63, 3.8) is 0 Å². The molecule has 0 saturated heterocycles. The summed E-state index contributed by atoms with van der Waals surface area (Å²) in [6.45, 7) is 0.350. The Morgan fingerprint density at radius 3 is 2.28 bits per heavy atom. The van der Waals surface area contributed by atoms with Crippen LogP contribution in [0.1, 0.15) is 5.56 Å². The number of hydrogen-bond acceptors (Lipinski definition) is 5. The van der Waals surface area contributed by atoms with Crippen LogP contribution >= 0.6 is 11.6 Å². The highest BCUT2D eigenvalue weighted by Crippen LogP contribution is 2.38. The van der Waals surface area contributed by atoms with Crippen LogP contribution < -0.4 is 18.9 Å². The summed E-state index contributed by atoms with van der Waals surface area (Å²) in [6, 6.07) is 11.1. The molecule has 25 heavy (non-hydrogen) atoms. The highest BCUT2D eigenvalue weighted by atomic mass is 35.5. The third kappa shape index (κ3) is 3.56. The number of aromatic nitrogens is 1. The van der Waals surface area contributed by atoms with Crippen LogP contribution in [-0.2, 0) is 6.61 Å². The van der Waals surface area contributed by atoms with Gasteiger partial charge in [0, 0.05) is 17.6 Å². The van der Waals surface area contributed by atoms with E-state index in [1.165, 1.54) is 0 Å². The highest BCUT2D eigenvalue weighted by Gasteiger charge is 2.13. The summed E-state index contributed by atoms with van der Waals surface area (Å²) in [7, 11) is 4.74. The normalized spacial score (nSPS) is 10.6. The van der Waals surface area contributed by atoms with E-state index in [0.717, 1.165) is 16.5 Å². The molecule has 6 heteroatoms. The molecule has 3 aromatic rings. The lowest BCUT2D eigenvalue weighted by atomic mass is 10.2. The summed E-state index contributed by atoms with van der Waals surface area (Å²) >= 11 is 6.16. The van der Waals surface area contributed by atoms with E-state index in [9.17, 15) is 0 Å². The number of fused-ring (bicyclic) bond motifs is 1. The van der Waals surface area contributed by atoms with E-state index < -0.39 is 0 Å². The van der Waals surface area contributed by atoms with E-state index in [1.54, 1.807) is 33.6 Å². The maximum atomic E-state index is 6.16. The van der Waals surface area contributed by atoms with Gasteiger partial charge in [-0.3, -0.25) is 4.98 Å². The molecular formula is C19H18ClNO4. The Labute approximate surface area is 151 Å². The number of nitrogens with zero attached hydrogens (tertiary/aromatic N) is 1. The SMILES string of the molecule is COc1cc(COc2ccc3c(Cl)ccnc3c2)cc(OC)c1OC. The summed E-state index contributed by atoms with van der Waals surface area (Å²) in [5, 5.41) is 1.56. The van der Waals surface area contributed by atoms with Crippen LogP contribution in [0.5, 0.6) is 23.0 Å². The number of ether oxygens (including phenoxy) is 4. The maximum absolute atomic E-state index is 6.16. The predicted octanol–water partition coefficient (Wildman–Crippen LogP) is 4.49. The molecule has 0 N–H and O–H groups in total. The Morgan fingerprint density at radius 1 is 0.920 bits per heavy atom. The molecule has 5 nitrogen and oxygen atoms in total. The molecule has 0 spiro atoms. The second kappa shape index (κ2) is 7.49. The fourth-order valence-corrected chi connectivity index (χ4v) is 2.78. The second-order valence-electron chi connectivity index (χ2n) is 5.29. The van der Waals surface area contributed by atoms with Crippen molar-refractivity contribution in [3.8, 4) is 23.0 Å². The van der Waals surface area contributed by atoms with E-state index >= 15 is 0 Å². The second-order valence-corrected chi connectivity index (χ2v) is 5.70. The Morgan fingerprint density at radius 2 is 1.64 bits per heavy atom. The minimum Gasteiger partial charge on any atom is -0.493 e. The van der Waals surface area contributed by atoms with Crippen LogP contribution in [0, 0.1) is 0 Å².